The minimum atomic E-state index is -5.02. The number of fused-ring (bicyclic) bond motifs is 1. The van der Waals surface area contributed by atoms with E-state index in [0.717, 1.165) is 23.2 Å². The predicted molar refractivity (Wildman–Crippen MR) is 124 cm³/mol. The Morgan fingerprint density at radius 1 is 1.10 bits per heavy atom. The Hall–Kier alpha value is -3.10. The Morgan fingerprint density at radius 2 is 1.85 bits per heavy atom. The molecule has 39 heavy (non-hydrogen) atoms. The third-order valence-corrected chi connectivity index (χ3v) is 7.14. The van der Waals surface area contributed by atoms with Crippen LogP contribution in [-0.4, -0.2) is 103 Å². The van der Waals surface area contributed by atoms with Crippen LogP contribution in [0.25, 0.3) is 11.2 Å². The monoisotopic (exact) mass is 573 g/mol. The van der Waals surface area contributed by atoms with E-state index in [1.165, 1.54) is 10.9 Å². The zero-order chi connectivity index (χ0) is 28.3. The Labute approximate surface area is 216 Å². The van der Waals surface area contributed by atoms with E-state index < -0.39 is 80.7 Å². The molecule has 0 aliphatic carbocycles. The fourth-order valence-corrected chi connectivity index (χ4v) is 5.17. The first-order valence-electron chi connectivity index (χ1n) is 11.3. The lowest BCUT2D eigenvalue weighted by Gasteiger charge is -2.36. The summed E-state index contributed by atoms with van der Waals surface area (Å²) in [4.78, 5) is 56.5. The maximum Gasteiger partial charge on any atom is 0.469 e. The predicted octanol–water partition coefficient (Wildman–Crippen LogP) is -4.15. The van der Waals surface area contributed by atoms with Crippen molar-refractivity contribution in [2.75, 3.05) is 12.3 Å². The summed E-state index contributed by atoms with van der Waals surface area (Å²) in [5, 5.41) is 43.4. The maximum absolute atomic E-state index is 12.7. The number of hydrogen-bond donors (Lipinski definition) is 8. The van der Waals surface area contributed by atoms with Gasteiger partial charge in [-0.1, -0.05) is 0 Å². The molecule has 9 N–H and O–H groups in total. The lowest BCUT2D eigenvalue weighted by atomic mass is 9.93. The van der Waals surface area contributed by atoms with Gasteiger partial charge in [0.2, 0.25) is 0 Å². The molecular formula is C19H24N7O12P. The highest BCUT2D eigenvalue weighted by Gasteiger charge is 2.59. The molecule has 2 aliphatic rings. The average molecular weight is 573 g/mol. The zero-order valence-electron chi connectivity index (χ0n) is 19.7. The number of aromatic amines is 1. The number of aromatic nitrogens is 6. The van der Waals surface area contributed by atoms with Crippen LogP contribution in [0.3, 0.4) is 0 Å². The van der Waals surface area contributed by atoms with Crippen molar-refractivity contribution >= 4 is 24.8 Å². The van der Waals surface area contributed by atoms with Crippen LogP contribution in [0.1, 0.15) is 12.6 Å². The second-order valence-electron chi connectivity index (χ2n) is 9.04. The summed E-state index contributed by atoms with van der Waals surface area (Å²) in [7, 11) is -5.02. The molecule has 20 heteroatoms. The molecule has 0 aromatic carbocycles. The van der Waals surface area contributed by atoms with E-state index in [1.54, 1.807) is 0 Å². The van der Waals surface area contributed by atoms with Crippen LogP contribution in [0, 0.1) is 0 Å². The van der Waals surface area contributed by atoms with E-state index in [0.29, 0.717) is 0 Å². The average Bonchev–Trinajstić information content (AvgIpc) is 3.48. The smallest absolute Gasteiger partial charge is 0.388 e. The van der Waals surface area contributed by atoms with Gasteiger partial charge in [-0.25, -0.2) is 24.3 Å². The van der Waals surface area contributed by atoms with E-state index in [-0.39, 0.29) is 17.0 Å². The van der Waals surface area contributed by atoms with Crippen LogP contribution in [0.2, 0.25) is 0 Å². The van der Waals surface area contributed by atoms with Gasteiger partial charge in [0.05, 0.1) is 19.0 Å². The molecule has 0 amide bonds. The number of rotatable bonds is 7. The first kappa shape index (κ1) is 27.5. The summed E-state index contributed by atoms with van der Waals surface area (Å²) in [6.45, 7) is -0.899. The Balaban J connectivity index is 1.51. The van der Waals surface area contributed by atoms with Crippen LogP contribution in [-0.2, 0) is 24.3 Å². The highest BCUT2D eigenvalue weighted by Crippen LogP contribution is 2.45. The molecule has 3 aromatic rings. The number of imidazole rings is 1. The number of nitrogens with two attached hydrogens (primary N) is 1. The number of H-pyrrole nitrogens is 1. The van der Waals surface area contributed by atoms with Gasteiger partial charge in [0, 0.05) is 18.7 Å². The molecule has 0 saturated carbocycles. The van der Waals surface area contributed by atoms with Gasteiger partial charge >= 0.3 is 13.5 Å². The molecule has 0 radical (unpaired) electrons. The second-order valence-corrected chi connectivity index (χ2v) is 10.3. The van der Waals surface area contributed by atoms with Crippen molar-refractivity contribution in [1.82, 2.24) is 29.1 Å². The number of nitrogens with zero attached hydrogens (tertiary/aromatic N) is 5. The minimum absolute atomic E-state index is 0.0553. The van der Waals surface area contributed by atoms with E-state index in [1.807, 2.05) is 4.98 Å². The molecule has 0 unspecified atom stereocenters. The summed E-state index contributed by atoms with van der Waals surface area (Å²) < 4.78 is 29.3. The van der Waals surface area contributed by atoms with Crippen LogP contribution < -0.4 is 17.0 Å². The van der Waals surface area contributed by atoms with Gasteiger partial charge in [0.1, 0.15) is 42.4 Å². The Kier molecular flexibility index (Phi) is 6.92. The summed E-state index contributed by atoms with van der Waals surface area (Å²) in [6, 6.07) is 0.927. The van der Waals surface area contributed by atoms with Crippen molar-refractivity contribution in [3.8, 4) is 0 Å². The minimum Gasteiger partial charge on any atom is -0.388 e. The number of phosphoric ester groups is 1. The number of aliphatic hydroxyl groups is 4. The van der Waals surface area contributed by atoms with Crippen LogP contribution in [0.4, 0.5) is 5.82 Å². The first-order chi connectivity index (χ1) is 18.3. The summed E-state index contributed by atoms with van der Waals surface area (Å²) >= 11 is 0. The largest absolute Gasteiger partial charge is 0.469 e. The van der Waals surface area contributed by atoms with Crippen molar-refractivity contribution in [2.45, 2.75) is 55.0 Å². The van der Waals surface area contributed by atoms with E-state index in [4.69, 9.17) is 25.0 Å². The van der Waals surface area contributed by atoms with Crippen molar-refractivity contribution in [2.24, 2.45) is 0 Å². The lowest BCUT2D eigenvalue weighted by molar-refractivity contribution is -0.180. The molecule has 2 fully saturated rings. The van der Waals surface area contributed by atoms with E-state index in [2.05, 4.69) is 19.5 Å². The van der Waals surface area contributed by atoms with Gasteiger partial charge in [-0.15, -0.1) is 0 Å². The number of ether oxygens (including phenoxy) is 2. The van der Waals surface area contributed by atoms with Gasteiger partial charge < -0.3 is 45.4 Å². The fraction of sp³-hybridized carbons (Fsp3) is 0.526. The fourth-order valence-electron chi connectivity index (χ4n) is 4.83. The van der Waals surface area contributed by atoms with Crippen molar-refractivity contribution in [1.29, 1.82) is 0 Å². The molecule has 2 saturated heterocycles. The number of aliphatic hydroxyl groups excluding tert-OH is 4. The van der Waals surface area contributed by atoms with Crippen LogP contribution in [0.15, 0.2) is 34.5 Å². The molecule has 0 bridgehead atoms. The molecule has 19 nitrogen and oxygen atoms in total. The highest BCUT2D eigenvalue weighted by molar-refractivity contribution is 7.46. The van der Waals surface area contributed by atoms with Crippen molar-refractivity contribution in [3.63, 3.8) is 0 Å². The molecule has 2 aliphatic heterocycles. The lowest BCUT2D eigenvalue weighted by Crippen LogP contribution is -2.54. The summed E-state index contributed by atoms with van der Waals surface area (Å²) in [5.74, 6) is 0.0553. The number of phosphoric acid groups is 1. The topological polar surface area (TPSA) is 291 Å². The van der Waals surface area contributed by atoms with E-state index in [9.17, 15) is 34.6 Å². The van der Waals surface area contributed by atoms with Gasteiger partial charge in [-0.05, 0) is 0 Å². The molecule has 212 valence electrons. The molecule has 5 rings (SSSR count). The Morgan fingerprint density at radius 3 is 2.54 bits per heavy atom. The highest BCUT2D eigenvalue weighted by atomic mass is 31.2. The maximum atomic E-state index is 12.7. The normalized spacial score (nSPS) is 33.2. The summed E-state index contributed by atoms with van der Waals surface area (Å²) in [5.41, 5.74) is 2.04. The first-order valence-corrected chi connectivity index (χ1v) is 12.9. The van der Waals surface area contributed by atoms with Gasteiger partial charge in [0.25, 0.3) is 5.56 Å². The number of nitrogens with one attached hydrogen (secondary N) is 1. The SMILES string of the molecule is Nc1ncnc2c1ncn2[C@@H]1O[C@H](C[C@@]2(n3ccc(=O)[nH]c3=O)O[C@H](COP(=O)(O)O)[C@@H](O)[C@H]2O)[C@@H](O)[C@H]1O. The molecule has 3 aromatic heterocycles. The zero-order valence-corrected chi connectivity index (χ0v) is 20.6. The van der Waals surface area contributed by atoms with Crippen molar-refractivity contribution < 1.29 is 48.8 Å². The number of nitrogen functional groups attached to an aromatic ring is 1. The van der Waals surface area contributed by atoms with Crippen LogP contribution in [0.5, 0.6) is 0 Å². The third-order valence-electron chi connectivity index (χ3n) is 6.65. The quantitative estimate of drug-likeness (QED) is 0.124. The Bertz CT molecular complexity index is 1540. The molecular weight excluding hydrogens is 549 g/mol. The molecule has 5 heterocycles. The number of anilines is 1. The third kappa shape index (κ3) is 4.78. The summed E-state index contributed by atoms with van der Waals surface area (Å²) in [6.07, 6.45) is -8.56. The van der Waals surface area contributed by atoms with Crippen LogP contribution >= 0.6 is 7.82 Å². The second kappa shape index (κ2) is 9.82. The van der Waals surface area contributed by atoms with Crippen molar-refractivity contribution in [3.05, 3.63) is 45.8 Å². The number of hydrogen-bond acceptors (Lipinski definition) is 14. The molecule has 0 spiro atoms. The van der Waals surface area contributed by atoms with Gasteiger partial charge in [-0.3, -0.25) is 23.4 Å². The van der Waals surface area contributed by atoms with Gasteiger partial charge in [0.15, 0.2) is 23.4 Å². The molecule has 8 atom stereocenters. The van der Waals surface area contributed by atoms with Gasteiger partial charge in [-0.2, -0.15) is 0 Å². The van der Waals surface area contributed by atoms with E-state index >= 15 is 0 Å². The standard InChI is InChI=1S/C19H24N7O12P/c20-15-10-16(22-5-21-15)25(6-23-10)17-13(30)11(28)7(37-17)3-19(26-2-1-9(27)24-18(26)32)14(31)12(29)8(38-19)4-36-39(33,34)35/h1-2,5-8,11-14,17,28-31H,3-4H2,(H2,20,21,22)(H,24,27,32)(H2,33,34,35)/t7-,8-,11-,12-,13-,14-,17-,19-/m1/s1.